The van der Waals surface area contributed by atoms with E-state index >= 15 is 0 Å². The lowest BCUT2D eigenvalue weighted by Crippen LogP contribution is -2.29. The second-order valence-corrected chi connectivity index (χ2v) is 18.4. The average molecular weight is 870 g/mol. The molecule has 0 bridgehead atoms. The van der Waals surface area contributed by atoms with Crippen LogP contribution in [0, 0.1) is 0 Å². The summed E-state index contributed by atoms with van der Waals surface area (Å²) in [7, 11) is -2.65. The van der Waals surface area contributed by atoms with Crippen LogP contribution in [0.3, 0.4) is 0 Å². The maximum Gasteiger partial charge on any atom is 0.472 e. The quantitative estimate of drug-likeness (QED) is 0.0266. The van der Waals surface area contributed by atoms with Gasteiger partial charge in [-0.15, -0.1) is 0 Å². The molecule has 0 saturated heterocycles. The molecule has 10 heteroatoms. The van der Waals surface area contributed by atoms with Gasteiger partial charge in [0.25, 0.3) is 0 Å². The Kier molecular flexibility index (Phi) is 45.8. The maximum atomic E-state index is 12.7. The molecule has 0 aromatic heterocycles. The summed E-state index contributed by atoms with van der Waals surface area (Å²) in [6.45, 7) is 4.25. The summed E-state index contributed by atoms with van der Waals surface area (Å²) in [6, 6.07) is 0. The van der Waals surface area contributed by atoms with Crippen molar-refractivity contribution in [3.05, 3.63) is 24.3 Å². The minimum Gasteiger partial charge on any atom is -0.462 e. The van der Waals surface area contributed by atoms with Crippen molar-refractivity contribution in [2.45, 2.75) is 251 Å². The fraction of sp³-hybridized carbons (Fsp3) is 0.880. The summed E-state index contributed by atoms with van der Waals surface area (Å²) >= 11 is 0. The molecule has 2 N–H and O–H groups in total. The number of hydrogen-bond donors (Lipinski definition) is 2. The van der Waals surface area contributed by atoms with Crippen LogP contribution in [0.5, 0.6) is 0 Å². The SMILES string of the molecule is CCCCCCCC/C=C\CCCCCCCCCCCCCC(=O)OC(COC(=O)CCCCCCCCC/C=C\CCCCCCCC)COP(=O)(O)OCCNC. The van der Waals surface area contributed by atoms with Crippen LogP contribution in [-0.4, -0.2) is 56.3 Å². The predicted octanol–water partition coefficient (Wildman–Crippen LogP) is 15.0. The second kappa shape index (κ2) is 47.0. The molecule has 0 aromatic rings. The van der Waals surface area contributed by atoms with E-state index in [1.165, 1.54) is 180 Å². The molecule has 2 atom stereocenters. The van der Waals surface area contributed by atoms with E-state index in [0.29, 0.717) is 13.0 Å². The van der Waals surface area contributed by atoms with Crippen molar-refractivity contribution in [3.8, 4) is 0 Å². The number of nitrogens with one attached hydrogen (secondary N) is 1. The van der Waals surface area contributed by atoms with Crippen molar-refractivity contribution in [1.29, 1.82) is 0 Å². The van der Waals surface area contributed by atoms with Gasteiger partial charge in [0.15, 0.2) is 6.10 Å². The molecule has 354 valence electrons. The maximum absolute atomic E-state index is 12.7. The molecule has 2 unspecified atom stereocenters. The molecule has 0 spiro atoms. The van der Waals surface area contributed by atoms with E-state index in [2.05, 4.69) is 43.5 Å². The Balaban J connectivity index is 4.11. The standard InChI is InChI=1S/C50H96NO8P/c1-4-6-8-10-12-14-16-18-20-22-23-24-25-27-29-31-33-35-37-39-41-43-50(53)59-48(47-58-60(54,55)57-45-44-51-3)46-56-49(52)42-40-38-36-34-32-30-28-26-21-19-17-15-13-11-9-7-5-2/h18-21,48,51H,4-17,22-47H2,1-3H3,(H,54,55)/b20-18-,21-19-. The van der Waals surface area contributed by atoms with E-state index in [-0.39, 0.29) is 32.0 Å². The largest absolute Gasteiger partial charge is 0.472 e. The number of ether oxygens (including phenoxy) is 2. The Morgan fingerprint density at radius 2 is 0.850 bits per heavy atom. The summed E-state index contributed by atoms with van der Waals surface area (Å²) in [5, 5.41) is 2.83. The van der Waals surface area contributed by atoms with Crippen molar-refractivity contribution >= 4 is 19.8 Å². The zero-order chi connectivity index (χ0) is 43.9. The predicted molar refractivity (Wildman–Crippen MR) is 252 cm³/mol. The fourth-order valence-corrected chi connectivity index (χ4v) is 7.94. The van der Waals surface area contributed by atoms with Crippen molar-refractivity contribution in [2.24, 2.45) is 0 Å². The van der Waals surface area contributed by atoms with Crippen molar-refractivity contribution in [3.63, 3.8) is 0 Å². The number of allylic oxidation sites excluding steroid dienone is 4. The van der Waals surface area contributed by atoms with E-state index in [1.807, 2.05) is 0 Å². The first-order valence-electron chi connectivity index (χ1n) is 25.3. The second-order valence-electron chi connectivity index (χ2n) is 17.0. The molecule has 0 radical (unpaired) electrons. The van der Waals surface area contributed by atoms with Crippen LogP contribution in [0.15, 0.2) is 24.3 Å². The summed E-state index contributed by atoms with van der Waals surface area (Å²) in [6.07, 6.45) is 50.8. The third-order valence-electron chi connectivity index (χ3n) is 11.0. The number of phosphoric ester groups is 1. The van der Waals surface area contributed by atoms with E-state index in [0.717, 1.165) is 32.1 Å². The lowest BCUT2D eigenvalue weighted by atomic mass is 10.0. The van der Waals surface area contributed by atoms with Crippen LogP contribution in [0.4, 0.5) is 0 Å². The number of hydrogen-bond acceptors (Lipinski definition) is 8. The summed E-state index contributed by atoms with van der Waals surface area (Å²) in [5.74, 6) is -0.802. The third kappa shape index (κ3) is 46.0. The molecule has 0 aliphatic carbocycles. The topological polar surface area (TPSA) is 120 Å². The first-order valence-corrected chi connectivity index (χ1v) is 26.8. The highest BCUT2D eigenvalue weighted by Gasteiger charge is 2.26. The number of carbonyl (C=O) groups excluding carboxylic acids is 2. The summed E-state index contributed by atoms with van der Waals surface area (Å²) < 4.78 is 33.3. The third-order valence-corrected chi connectivity index (χ3v) is 12.0. The summed E-state index contributed by atoms with van der Waals surface area (Å²) in [4.78, 5) is 35.2. The van der Waals surface area contributed by atoms with Crippen LogP contribution in [0.25, 0.3) is 0 Å². The van der Waals surface area contributed by atoms with Gasteiger partial charge < -0.3 is 19.7 Å². The number of phosphoric acid groups is 1. The fourth-order valence-electron chi connectivity index (χ4n) is 7.19. The number of unbranched alkanes of at least 4 members (excludes halogenated alkanes) is 30. The monoisotopic (exact) mass is 870 g/mol. The molecule has 0 saturated carbocycles. The Morgan fingerprint density at radius 3 is 1.23 bits per heavy atom. The number of carbonyl (C=O) groups is 2. The van der Waals surface area contributed by atoms with Gasteiger partial charge in [-0.2, -0.15) is 0 Å². The highest BCUT2D eigenvalue weighted by Crippen LogP contribution is 2.43. The lowest BCUT2D eigenvalue weighted by Gasteiger charge is -2.20. The molecule has 60 heavy (non-hydrogen) atoms. The van der Waals surface area contributed by atoms with E-state index in [1.54, 1.807) is 7.05 Å². The number of rotatable bonds is 48. The van der Waals surface area contributed by atoms with Gasteiger partial charge in [0.05, 0.1) is 13.2 Å². The van der Waals surface area contributed by atoms with Gasteiger partial charge in [-0.1, -0.05) is 192 Å². The van der Waals surface area contributed by atoms with Crippen LogP contribution >= 0.6 is 7.82 Å². The van der Waals surface area contributed by atoms with Gasteiger partial charge in [0.1, 0.15) is 6.61 Å². The molecule has 0 heterocycles. The minimum atomic E-state index is -4.35. The molecule has 0 rings (SSSR count). The Bertz CT molecular complexity index is 1040. The molecule has 0 aliphatic rings. The zero-order valence-corrected chi connectivity index (χ0v) is 40.3. The average Bonchev–Trinajstić information content (AvgIpc) is 3.23. The van der Waals surface area contributed by atoms with E-state index in [9.17, 15) is 19.0 Å². The molecule has 0 aromatic carbocycles. The summed E-state index contributed by atoms with van der Waals surface area (Å²) in [5.41, 5.74) is 0. The smallest absolute Gasteiger partial charge is 0.462 e. The van der Waals surface area contributed by atoms with Gasteiger partial charge in [0, 0.05) is 19.4 Å². The molecule has 0 aliphatic heterocycles. The molecular weight excluding hydrogens is 774 g/mol. The van der Waals surface area contributed by atoms with Gasteiger partial charge in [-0.3, -0.25) is 18.6 Å². The molecule has 9 nitrogen and oxygen atoms in total. The van der Waals surface area contributed by atoms with Crippen LogP contribution < -0.4 is 5.32 Å². The Morgan fingerprint density at radius 1 is 0.500 bits per heavy atom. The van der Waals surface area contributed by atoms with E-state index in [4.69, 9.17) is 18.5 Å². The first kappa shape index (κ1) is 58.5. The van der Waals surface area contributed by atoms with Gasteiger partial charge in [0.2, 0.25) is 0 Å². The van der Waals surface area contributed by atoms with E-state index < -0.39 is 26.5 Å². The van der Waals surface area contributed by atoms with Gasteiger partial charge in [-0.05, 0) is 71.3 Å². The zero-order valence-electron chi connectivity index (χ0n) is 39.4. The minimum absolute atomic E-state index is 0.0160. The van der Waals surface area contributed by atoms with Crippen molar-refractivity contribution in [1.82, 2.24) is 5.32 Å². The Hall–Kier alpha value is -1.51. The molecular formula is C50H96NO8P. The molecule has 0 amide bonds. The van der Waals surface area contributed by atoms with Crippen LogP contribution in [0.2, 0.25) is 0 Å². The first-order chi connectivity index (χ1) is 29.3. The Labute approximate surface area is 370 Å². The normalized spacial score (nSPS) is 13.3. The molecule has 0 fully saturated rings. The van der Waals surface area contributed by atoms with Crippen LogP contribution in [0.1, 0.15) is 245 Å². The highest BCUT2D eigenvalue weighted by molar-refractivity contribution is 7.47. The van der Waals surface area contributed by atoms with Gasteiger partial charge >= 0.3 is 19.8 Å². The number of likely N-dealkylation sites (N-methyl/N-ethyl adjacent to an activating group) is 1. The van der Waals surface area contributed by atoms with Crippen LogP contribution in [-0.2, 0) is 32.7 Å². The van der Waals surface area contributed by atoms with Crippen molar-refractivity contribution in [2.75, 3.05) is 33.4 Å². The van der Waals surface area contributed by atoms with Crippen molar-refractivity contribution < 1.29 is 37.6 Å². The van der Waals surface area contributed by atoms with Gasteiger partial charge in [-0.25, -0.2) is 4.57 Å². The lowest BCUT2D eigenvalue weighted by molar-refractivity contribution is -0.161. The number of esters is 2. The highest BCUT2D eigenvalue weighted by atomic mass is 31.2.